The van der Waals surface area contributed by atoms with E-state index in [-0.39, 0.29) is 0 Å². The number of rotatable bonds is 2. The van der Waals surface area contributed by atoms with Crippen molar-refractivity contribution in [1.82, 2.24) is 9.66 Å². The molecule has 4 N–H and O–H groups in total. The maximum atomic E-state index is 5.63. The van der Waals surface area contributed by atoms with Gasteiger partial charge in [-0.05, 0) is 37.1 Å². The van der Waals surface area contributed by atoms with Crippen molar-refractivity contribution in [3.63, 3.8) is 0 Å². The molecule has 5 heteroatoms. The summed E-state index contributed by atoms with van der Waals surface area (Å²) in [5, 5.41) is 0. The van der Waals surface area contributed by atoms with E-state index in [1.807, 2.05) is 26.0 Å². The van der Waals surface area contributed by atoms with Gasteiger partial charge >= 0.3 is 0 Å². The number of ether oxygens (including phenoxy) is 1. The lowest BCUT2D eigenvalue weighted by molar-refractivity contribution is 0.411. The van der Waals surface area contributed by atoms with Gasteiger partial charge in [0.25, 0.3) is 0 Å². The molecule has 0 fully saturated rings. The fraction of sp³-hybridized carbons (Fsp3) is 0.250. The molecule has 0 aliphatic heterocycles. The van der Waals surface area contributed by atoms with E-state index < -0.39 is 0 Å². The summed E-state index contributed by atoms with van der Waals surface area (Å²) >= 11 is 0. The molecule has 2 aromatic rings. The Balaban J connectivity index is 2.56. The molecule has 2 rings (SSSR count). The van der Waals surface area contributed by atoms with Gasteiger partial charge in [0.2, 0.25) is 5.95 Å². The highest BCUT2D eigenvalue weighted by molar-refractivity contribution is 5.67. The van der Waals surface area contributed by atoms with E-state index in [0.29, 0.717) is 5.95 Å². The van der Waals surface area contributed by atoms with Crippen molar-refractivity contribution < 1.29 is 4.74 Å². The smallest absolute Gasteiger partial charge is 0.219 e. The Hall–Kier alpha value is -2.17. The second-order valence-corrected chi connectivity index (χ2v) is 4.03. The Morgan fingerprint density at radius 2 is 1.94 bits per heavy atom. The summed E-state index contributed by atoms with van der Waals surface area (Å²) in [5.41, 5.74) is 9.54. The zero-order valence-electron chi connectivity index (χ0n) is 10.2. The topological polar surface area (TPSA) is 79.1 Å². The molecule has 17 heavy (non-hydrogen) atoms. The minimum atomic E-state index is 0.299. The summed E-state index contributed by atoms with van der Waals surface area (Å²) in [6.07, 6.45) is 1.71. The summed E-state index contributed by atoms with van der Waals surface area (Å²) in [6.45, 7) is 3.99. The summed E-state index contributed by atoms with van der Waals surface area (Å²) < 4.78 is 6.58. The van der Waals surface area contributed by atoms with Crippen molar-refractivity contribution in [1.29, 1.82) is 0 Å². The molecule has 0 bridgehead atoms. The number of imidazole rings is 1. The molecule has 0 atom stereocenters. The van der Waals surface area contributed by atoms with Gasteiger partial charge in [-0.15, -0.1) is 0 Å². The molecule has 5 nitrogen and oxygen atoms in total. The number of nitrogens with two attached hydrogens (primary N) is 2. The molecule has 0 saturated heterocycles. The van der Waals surface area contributed by atoms with Crippen LogP contribution in [-0.2, 0) is 0 Å². The van der Waals surface area contributed by atoms with Crippen LogP contribution in [0.1, 0.15) is 11.1 Å². The van der Waals surface area contributed by atoms with E-state index >= 15 is 0 Å². The van der Waals surface area contributed by atoms with Crippen LogP contribution in [0.25, 0.3) is 11.3 Å². The van der Waals surface area contributed by atoms with Crippen LogP contribution >= 0.6 is 0 Å². The summed E-state index contributed by atoms with van der Waals surface area (Å²) in [6, 6.07) is 4.01. The highest BCUT2D eigenvalue weighted by atomic mass is 16.5. The molecular weight excluding hydrogens is 216 g/mol. The van der Waals surface area contributed by atoms with Crippen molar-refractivity contribution in [2.75, 3.05) is 18.7 Å². The third-order valence-corrected chi connectivity index (χ3v) is 2.78. The zero-order valence-corrected chi connectivity index (χ0v) is 10.2. The first-order chi connectivity index (χ1) is 8.02. The van der Waals surface area contributed by atoms with Crippen molar-refractivity contribution in [2.45, 2.75) is 13.8 Å². The predicted molar refractivity (Wildman–Crippen MR) is 68.3 cm³/mol. The highest BCUT2D eigenvalue weighted by Gasteiger charge is 2.10. The number of anilines is 1. The molecule has 90 valence electrons. The second kappa shape index (κ2) is 4.01. The van der Waals surface area contributed by atoms with Gasteiger partial charge in [0, 0.05) is 5.56 Å². The Kier molecular flexibility index (Phi) is 2.67. The third kappa shape index (κ3) is 1.91. The molecule has 0 amide bonds. The quantitative estimate of drug-likeness (QED) is 0.768. The van der Waals surface area contributed by atoms with Gasteiger partial charge in [-0.25, -0.2) is 9.66 Å². The fourth-order valence-corrected chi connectivity index (χ4v) is 1.82. The van der Waals surface area contributed by atoms with Crippen LogP contribution in [0.3, 0.4) is 0 Å². The van der Waals surface area contributed by atoms with Gasteiger partial charge in [-0.2, -0.15) is 0 Å². The summed E-state index contributed by atoms with van der Waals surface area (Å²) in [5.74, 6) is 6.79. The number of nitrogen functional groups attached to an aromatic ring is 2. The average molecular weight is 232 g/mol. The molecule has 1 aromatic heterocycles. The largest absolute Gasteiger partial charge is 0.496 e. The number of hydrogen-bond donors (Lipinski definition) is 2. The Bertz CT molecular complexity index is 540. The van der Waals surface area contributed by atoms with Crippen LogP contribution in [0, 0.1) is 13.8 Å². The predicted octanol–water partition coefficient (Wildman–Crippen LogP) is 1.47. The molecule has 0 saturated carbocycles. The highest BCUT2D eigenvalue weighted by Crippen LogP contribution is 2.29. The fourth-order valence-electron chi connectivity index (χ4n) is 1.82. The zero-order chi connectivity index (χ0) is 12.6. The lowest BCUT2D eigenvalue weighted by atomic mass is 10.0. The van der Waals surface area contributed by atoms with Crippen LogP contribution in [0.2, 0.25) is 0 Å². The van der Waals surface area contributed by atoms with E-state index in [1.54, 1.807) is 13.3 Å². The van der Waals surface area contributed by atoms with Crippen molar-refractivity contribution in [3.05, 3.63) is 29.5 Å². The van der Waals surface area contributed by atoms with E-state index in [9.17, 15) is 0 Å². The second-order valence-electron chi connectivity index (χ2n) is 4.03. The van der Waals surface area contributed by atoms with Crippen LogP contribution in [0.4, 0.5) is 5.95 Å². The number of benzene rings is 1. The number of aromatic nitrogens is 2. The van der Waals surface area contributed by atoms with Gasteiger partial charge in [-0.3, -0.25) is 0 Å². The molecule has 0 unspecified atom stereocenters. The van der Waals surface area contributed by atoms with Crippen molar-refractivity contribution >= 4 is 5.95 Å². The minimum Gasteiger partial charge on any atom is -0.496 e. The van der Waals surface area contributed by atoms with Gasteiger partial charge in [-0.1, -0.05) is 0 Å². The maximum absolute atomic E-state index is 5.63. The Labute approximate surface area is 100.0 Å². The van der Waals surface area contributed by atoms with E-state index in [0.717, 1.165) is 28.1 Å². The number of aryl methyl sites for hydroxylation is 2. The monoisotopic (exact) mass is 232 g/mol. The molecule has 0 radical (unpaired) electrons. The lowest BCUT2D eigenvalue weighted by Crippen LogP contribution is -2.09. The van der Waals surface area contributed by atoms with E-state index in [2.05, 4.69) is 4.98 Å². The SMILES string of the molecule is COc1cc(C)c(-c2cn(N)c(N)n2)cc1C. The van der Waals surface area contributed by atoms with E-state index in [4.69, 9.17) is 16.3 Å². The Morgan fingerprint density at radius 1 is 1.24 bits per heavy atom. The van der Waals surface area contributed by atoms with Gasteiger partial charge in [0.05, 0.1) is 19.0 Å². The molecular formula is C12H16N4O. The lowest BCUT2D eigenvalue weighted by Gasteiger charge is -2.09. The minimum absolute atomic E-state index is 0.299. The van der Waals surface area contributed by atoms with Crippen molar-refractivity contribution in [3.8, 4) is 17.0 Å². The van der Waals surface area contributed by atoms with Crippen LogP contribution in [0.5, 0.6) is 5.75 Å². The molecule has 0 spiro atoms. The van der Waals surface area contributed by atoms with E-state index in [1.165, 1.54) is 4.68 Å². The van der Waals surface area contributed by atoms with Gasteiger partial charge < -0.3 is 16.3 Å². The third-order valence-electron chi connectivity index (χ3n) is 2.78. The molecule has 0 aliphatic carbocycles. The normalized spacial score (nSPS) is 10.5. The van der Waals surface area contributed by atoms with Crippen molar-refractivity contribution in [2.24, 2.45) is 0 Å². The first-order valence-corrected chi connectivity index (χ1v) is 5.28. The summed E-state index contributed by atoms with van der Waals surface area (Å²) in [4.78, 5) is 4.21. The molecule has 1 heterocycles. The number of hydrogen-bond acceptors (Lipinski definition) is 4. The number of nitrogens with zero attached hydrogens (tertiary/aromatic N) is 2. The maximum Gasteiger partial charge on any atom is 0.219 e. The van der Waals surface area contributed by atoms with Crippen LogP contribution in [-0.4, -0.2) is 16.8 Å². The van der Waals surface area contributed by atoms with Crippen LogP contribution < -0.4 is 16.3 Å². The molecule has 1 aromatic carbocycles. The van der Waals surface area contributed by atoms with Crippen LogP contribution in [0.15, 0.2) is 18.3 Å². The standard InChI is InChI=1S/C12H16N4O/c1-7-5-11(17-3)8(2)4-9(7)10-6-16(14)12(13)15-10/h4-6H,14H2,1-3H3,(H2,13,15). The Morgan fingerprint density at radius 3 is 2.47 bits per heavy atom. The molecule has 0 aliphatic rings. The first kappa shape index (κ1) is 11.3. The van der Waals surface area contributed by atoms with Gasteiger partial charge in [0.15, 0.2) is 0 Å². The van der Waals surface area contributed by atoms with Gasteiger partial charge in [0.1, 0.15) is 5.75 Å². The summed E-state index contributed by atoms with van der Waals surface area (Å²) in [7, 11) is 1.66. The average Bonchev–Trinajstić information content (AvgIpc) is 2.61. The number of methoxy groups -OCH3 is 1. The first-order valence-electron chi connectivity index (χ1n) is 5.28.